The number of aromatic nitrogens is 2. The largest absolute Gasteiger partial charge is 0.504 e. The van der Waals surface area contributed by atoms with Crippen LogP contribution in [0.4, 0.5) is 0 Å². The van der Waals surface area contributed by atoms with E-state index < -0.39 is 5.91 Å². The molecule has 25 heavy (non-hydrogen) atoms. The van der Waals surface area contributed by atoms with Gasteiger partial charge in [0.25, 0.3) is 5.91 Å². The van der Waals surface area contributed by atoms with E-state index in [9.17, 15) is 9.90 Å². The van der Waals surface area contributed by atoms with Crippen LogP contribution >= 0.6 is 0 Å². The van der Waals surface area contributed by atoms with Crippen LogP contribution < -0.4 is 10.2 Å². The predicted octanol–water partition coefficient (Wildman–Crippen LogP) is 2.55. The second-order valence-electron chi connectivity index (χ2n) is 5.13. The number of aromatic amines is 1. The number of para-hydroxylation sites is 1. The summed E-state index contributed by atoms with van der Waals surface area (Å²) in [6, 6.07) is 16.1. The summed E-state index contributed by atoms with van der Waals surface area (Å²) in [4.78, 5) is 12.1. The molecule has 0 saturated carbocycles. The van der Waals surface area contributed by atoms with Crippen molar-refractivity contribution in [2.75, 3.05) is 7.11 Å². The van der Waals surface area contributed by atoms with Crippen LogP contribution in [-0.4, -0.2) is 34.5 Å². The molecule has 0 radical (unpaired) electrons. The molecule has 3 N–H and O–H groups in total. The highest BCUT2D eigenvalue weighted by Gasteiger charge is 2.10. The minimum absolute atomic E-state index is 0.0455. The van der Waals surface area contributed by atoms with Gasteiger partial charge in [0.15, 0.2) is 11.5 Å². The highest BCUT2D eigenvalue weighted by atomic mass is 16.5. The second-order valence-corrected chi connectivity index (χ2v) is 5.13. The number of ether oxygens (including phenoxy) is 1. The first-order chi connectivity index (χ1) is 12.2. The number of phenols is 1. The monoisotopic (exact) mass is 336 g/mol. The van der Waals surface area contributed by atoms with Crippen LogP contribution in [0.3, 0.4) is 0 Å². The molecule has 3 rings (SSSR count). The van der Waals surface area contributed by atoms with E-state index in [1.54, 1.807) is 24.3 Å². The number of carbonyl (C=O) groups is 1. The molecule has 0 aliphatic heterocycles. The Hall–Kier alpha value is -3.61. The molecule has 1 amide bonds. The number of hydrazone groups is 1. The number of aromatic hydroxyl groups is 1. The Bertz CT molecular complexity index is 904. The Labute approximate surface area is 144 Å². The van der Waals surface area contributed by atoms with Crippen LogP contribution in [0.15, 0.2) is 59.7 Å². The summed E-state index contributed by atoms with van der Waals surface area (Å²) in [6.07, 6.45) is 1.34. The number of phenolic OH excluding ortho intramolecular Hbond substituents is 1. The minimum atomic E-state index is -0.437. The molecule has 7 heteroatoms. The number of H-pyrrole nitrogens is 1. The van der Waals surface area contributed by atoms with Gasteiger partial charge in [0, 0.05) is 11.1 Å². The molecule has 0 spiro atoms. The number of nitrogens with one attached hydrogen (secondary N) is 2. The maximum absolute atomic E-state index is 12.1. The van der Waals surface area contributed by atoms with Crippen LogP contribution in [0.5, 0.6) is 11.5 Å². The van der Waals surface area contributed by atoms with Gasteiger partial charge in [-0.3, -0.25) is 9.89 Å². The van der Waals surface area contributed by atoms with Gasteiger partial charge in [-0.05, 0) is 18.2 Å². The van der Waals surface area contributed by atoms with Gasteiger partial charge in [-0.25, -0.2) is 5.43 Å². The van der Waals surface area contributed by atoms with Crippen LogP contribution in [0.2, 0.25) is 0 Å². The number of hydrogen-bond acceptors (Lipinski definition) is 5. The van der Waals surface area contributed by atoms with Crippen molar-refractivity contribution in [1.29, 1.82) is 0 Å². The van der Waals surface area contributed by atoms with Gasteiger partial charge < -0.3 is 9.84 Å². The zero-order valence-electron chi connectivity index (χ0n) is 13.4. The third-order valence-corrected chi connectivity index (χ3v) is 3.51. The molecule has 0 bridgehead atoms. The van der Waals surface area contributed by atoms with Gasteiger partial charge in [0.05, 0.1) is 19.0 Å². The molecule has 0 atom stereocenters. The average molecular weight is 336 g/mol. The van der Waals surface area contributed by atoms with Crippen molar-refractivity contribution in [3.05, 3.63) is 65.9 Å². The molecule has 1 aromatic heterocycles. The van der Waals surface area contributed by atoms with Gasteiger partial charge >= 0.3 is 0 Å². The van der Waals surface area contributed by atoms with Crippen molar-refractivity contribution in [3.8, 4) is 22.8 Å². The minimum Gasteiger partial charge on any atom is -0.504 e. The zero-order valence-corrected chi connectivity index (χ0v) is 13.4. The van der Waals surface area contributed by atoms with Crippen LogP contribution in [0, 0.1) is 0 Å². The van der Waals surface area contributed by atoms with Crippen molar-refractivity contribution in [2.45, 2.75) is 0 Å². The van der Waals surface area contributed by atoms with Gasteiger partial charge in [0.2, 0.25) is 0 Å². The lowest BCUT2D eigenvalue weighted by molar-refractivity contribution is 0.0950. The van der Waals surface area contributed by atoms with Crippen molar-refractivity contribution in [3.63, 3.8) is 0 Å². The summed E-state index contributed by atoms with van der Waals surface area (Å²) in [7, 11) is 1.46. The fourth-order valence-corrected chi connectivity index (χ4v) is 2.22. The molecule has 0 aliphatic rings. The Morgan fingerprint density at radius 3 is 2.80 bits per heavy atom. The standard InChI is InChI=1S/C18H16N4O3/c1-25-16-9-5-8-13(17(16)23)11-19-22-18(24)15-10-14(20-21-15)12-6-3-2-4-7-12/h2-11,23H,1H3,(H,20,21)(H,22,24)/b19-11+. The van der Waals surface area contributed by atoms with E-state index in [1.807, 2.05) is 30.3 Å². The quantitative estimate of drug-likeness (QED) is 0.492. The van der Waals surface area contributed by atoms with Crippen molar-refractivity contribution in [2.24, 2.45) is 5.10 Å². The molecule has 0 unspecified atom stereocenters. The third kappa shape index (κ3) is 3.66. The molecule has 2 aromatic carbocycles. The lowest BCUT2D eigenvalue weighted by Crippen LogP contribution is -2.18. The Kier molecular flexibility index (Phi) is 4.75. The first-order valence-corrected chi connectivity index (χ1v) is 7.49. The highest BCUT2D eigenvalue weighted by molar-refractivity contribution is 5.94. The fraction of sp³-hybridized carbons (Fsp3) is 0.0556. The predicted molar refractivity (Wildman–Crippen MR) is 93.7 cm³/mol. The molecule has 0 aliphatic carbocycles. The van der Waals surface area contributed by atoms with Gasteiger partial charge in [-0.1, -0.05) is 36.4 Å². The van der Waals surface area contributed by atoms with Crippen molar-refractivity contribution < 1.29 is 14.6 Å². The van der Waals surface area contributed by atoms with E-state index in [2.05, 4.69) is 20.7 Å². The number of nitrogens with zero attached hydrogens (tertiary/aromatic N) is 2. The van der Waals surface area contributed by atoms with E-state index in [0.717, 1.165) is 5.56 Å². The normalized spacial score (nSPS) is 10.8. The summed E-state index contributed by atoms with van der Waals surface area (Å²) < 4.78 is 5.01. The number of benzene rings is 2. The number of carbonyl (C=O) groups excluding carboxylic acids is 1. The Morgan fingerprint density at radius 1 is 1.24 bits per heavy atom. The topological polar surface area (TPSA) is 99.6 Å². The molecule has 126 valence electrons. The molecule has 0 saturated heterocycles. The maximum Gasteiger partial charge on any atom is 0.289 e. The summed E-state index contributed by atoms with van der Waals surface area (Å²) in [5, 5.41) is 20.6. The molecular formula is C18H16N4O3. The summed E-state index contributed by atoms with van der Waals surface area (Å²) in [5.74, 6) is -0.152. The number of amides is 1. The van der Waals surface area contributed by atoms with Crippen molar-refractivity contribution >= 4 is 12.1 Å². The number of hydrogen-bond donors (Lipinski definition) is 3. The van der Waals surface area contributed by atoms with E-state index in [4.69, 9.17) is 4.74 Å². The first kappa shape index (κ1) is 16.3. The Morgan fingerprint density at radius 2 is 2.04 bits per heavy atom. The second kappa shape index (κ2) is 7.31. The molecule has 0 fully saturated rings. The van der Waals surface area contributed by atoms with E-state index in [-0.39, 0.29) is 11.4 Å². The zero-order chi connectivity index (χ0) is 17.6. The molecule has 3 aromatic rings. The number of rotatable bonds is 5. The van der Waals surface area contributed by atoms with Gasteiger partial charge in [-0.2, -0.15) is 10.2 Å². The average Bonchev–Trinajstić information content (AvgIpc) is 3.14. The summed E-state index contributed by atoms with van der Waals surface area (Å²) in [5.41, 5.74) is 4.66. The van der Waals surface area contributed by atoms with Crippen LogP contribution in [0.1, 0.15) is 16.1 Å². The fourth-order valence-electron chi connectivity index (χ4n) is 2.22. The highest BCUT2D eigenvalue weighted by Crippen LogP contribution is 2.27. The number of methoxy groups -OCH3 is 1. The summed E-state index contributed by atoms with van der Waals surface area (Å²) in [6.45, 7) is 0. The van der Waals surface area contributed by atoms with E-state index in [0.29, 0.717) is 17.0 Å². The van der Waals surface area contributed by atoms with Crippen LogP contribution in [0.25, 0.3) is 11.3 Å². The third-order valence-electron chi connectivity index (χ3n) is 3.51. The smallest absolute Gasteiger partial charge is 0.289 e. The Balaban J connectivity index is 1.68. The summed E-state index contributed by atoms with van der Waals surface area (Å²) >= 11 is 0. The van der Waals surface area contributed by atoms with Crippen molar-refractivity contribution in [1.82, 2.24) is 15.6 Å². The lowest BCUT2D eigenvalue weighted by Gasteiger charge is -2.04. The van der Waals surface area contributed by atoms with E-state index >= 15 is 0 Å². The molecular weight excluding hydrogens is 320 g/mol. The SMILES string of the molecule is COc1cccc(/C=N/NC(=O)c2cc(-c3ccccc3)n[nH]2)c1O. The molecule has 1 heterocycles. The molecule has 7 nitrogen and oxygen atoms in total. The van der Waals surface area contributed by atoms with Gasteiger partial charge in [-0.15, -0.1) is 0 Å². The van der Waals surface area contributed by atoms with Crippen LogP contribution in [-0.2, 0) is 0 Å². The first-order valence-electron chi connectivity index (χ1n) is 7.49. The maximum atomic E-state index is 12.1. The lowest BCUT2D eigenvalue weighted by atomic mass is 10.1. The van der Waals surface area contributed by atoms with Gasteiger partial charge in [0.1, 0.15) is 5.69 Å². The van der Waals surface area contributed by atoms with E-state index in [1.165, 1.54) is 13.3 Å².